The number of amides is 3. The van der Waals surface area contributed by atoms with Crippen molar-refractivity contribution in [2.45, 2.75) is 50.5 Å². The van der Waals surface area contributed by atoms with Gasteiger partial charge in [-0.1, -0.05) is 11.8 Å². The lowest BCUT2D eigenvalue weighted by molar-refractivity contribution is -0.121. The van der Waals surface area contributed by atoms with Gasteiger partial charge in [0.1, 0.15) is 0 Å². The maximum atomic E-state index is 11.7. The largest absolute Gasteiger partial charge is 0.372 e. The van der Waals surface area contributed by atoms with Gasteiger partial charge in [-0.25, -0.2) is 0 Å². The fraction of sp³-hybridized carbons (Fsp3) is 0.526. The zero-order chi connectivity index (χ0) is 20.3. The van der Waals surface area contributed by atoms with Crippen molar-refractivity contribution in [3.05, 3.63) is 0 Å². The first-order chi connectivity index (χ1) is 12.4. The van der Waals surface area contributed by atoms with E-state index in [9.17, 15) is 9.59 Å². The van der Waals surface area contributed by atoms with E-state index in [1.54, 1.807) is 0 Å². The first kappa shape index (κ1) is 25.3. The number of hydrogen-bond acceptors (Lipinski definition) is 4. The van der Waals surface area contributed by atoms with Gasteiger partial charge in [0.05, 0.1) is 13.1 Å². The summed E-state index contributed by atoms with van der Waals surface area (Å²) in [7, 11) is 0. The lowest BCUT2D eigenvalue weighted by Gasteiger charge is -2.29. The molecule has 3 amide bonds. The summed E-state index contributed by atoms with van der Waals surface area (Å²) < 4.78 is 0. The van der Waals surface area contributed by atoms with Crippen molar-refractivity contribution in [3.8, 4) is 37.0 Å². The standard InChI is InChI=1S/C18H25N3O2.CH3NO/c1-4-7-8-11-18(19,12-9-16(22)20-14-5-2)13-10-17(23)21-15-6-3;2-1-3/h1-3H,7-15,19H2,(H,20,22)(H,21,23);1H,(H2,2,3). The van der Waals surface area contributed by atoms with Gasteiger partial charge in [0.15, 0.2) is 0 Å². The molecule has 0 bridgehead atoms. The van der Waals surface area contributed by atoms with E-state index >= 15 is 0 Å². The van der Waals surface area contributed by atoms with E-state index in [1.807, 2.05) is 0 Å². The highest BCUT2D eigenvalue weighted by Crippen LogP contribution is 2.23. The fourth-order valence-corrected chi connectivity index (χ4v) is 2.12. The molecule has 0 radical (unpaired) electrons. The highest BCUT2D eigenvalue weighted by molar-refractivity contribution is 5.77. The van der Waals surface area contributed by atoms with Gasteiger partial charge in [0, 0.05) is 24.8 Å². The van der Waals surface area contributed by atoms with Crippen LogP contribution in [0.4, 0.5) is 0 Å². The zero-order valence-electron chi connectivity index (χ0n) is 15.1. The second-order valence-corrected chi connectivity index (χ2v) is 5.52. The van der Waals surface area contributed by atoms with Gasteiger partial charge in [-0.05, 0) is 25.7 Å². The Morgan fingerprint density at radius 3 is 1.69 bits per heavy atom. The number of carbonyl (C=O) groups excluding carboxylic acids is 3. The summed E-state index contributed by atoms with van der Waals surface area (Å²) in [4.78, 5) is 31.9. The predicted octanol–water partition coefficient (Wildman–Crippen LogP) is -0.352. The third-order valence-electron chi connectivity index (χ3n) is 3.47. The average molecular weight is 360 g/mol. The zero-order valence-corrected chi connectivity index (χ0v) is 15.1. The van der Waals surface area contributed by atoms with E-state index in [0.717, 1.165) is 6.42 Å². The number of carbonyl (C=O) groups is 3. The highest BCUT2D eigenvalue weighted by Gasteiger charge is 2.26. The van der Waals surface area contributed by atoms with Crippen LogP contribution in [-0.4, -0.2) is 36.9 Å². The van der Waals surface area contributed by atoms with Crippen molar-refractivity contribution >= 4 is 18.2 Å². The molecule has 0 aliphatic carbocycles. The van der Waals surface area contributed by atoms with Gasteiger partial charge in [-0.2, -0.15) is 0 Å². The molecule has 0 aromatic carbocycles. The van der Waals surface area contributed by atoms with Gasteiger partial charge in [-0.15, -0.1) is 25.2 Å². The molecule has 6 N–H and O–H groups in total. The van der Waals surface area contributed by atoms with Gasteiger partial charge < -0.3 is 22.1 Å². The van der Waals surface area contributed by atoms with Crippen LogP contribution in [0.3, 0.4) is 0 Å². The molecule has 142 valence electrons. The summed E-state index contributed by atoms with van der Waals surface area (Å²) >= 11 is 0. The molecule has 0 saturated heterocycles. The van der Waals surface area contributed by atoms with Crippen LogP contribution in [0.2, 0.25) is 0 Å². The molecule has 0 spiro atoms. The second kappa shape index (κ2) is 16.9. The van der Waals surface area contributed by atoms with Crippen molar-refractivity contribution in [1.82, 2.24) is 10.6 Å². The molecule has 0 saturated carbocycles. The molecule has 0 unspecified atom stereocenters. The Labute approximate surface area is 156 Å². The van der Waals surface area contributed by atoms with Crippen LogP contribution >= 0.6 is 0 Å². The van der Waals surface area contributed by atoms with Crippen molar-refractivity contribution in [2.24, 2.45) is 11.5 Å². The Balaban J connectivity index is 0. The Morgan fingerprint density at radius 1 is 0.923 bits per heavy atom. The average Bonchev–Trinajstić information content (AvgIpc) is 2.62. The van der Waals surface area contributed by atoms with Gasteiger partial charge in [0.25, 0.3) is 0 Å². The van der Waals surface area contributed by atoms with Crippen LogP contribution in [0.5, 0.6) is 0 Å². The summed E-state index contributed by atoms with van der Waals surface area (Å²) in [6.45, 7) is 0.393. The molecule has 7 nitrogen and oxygen atoms in total. The van der Waals surface area contributed by atoms with Crippen molar-refractivity contribution in [2.75, 3.05) is 13.1 Å². The van der Waals surface area contributed by atoms with Gasteiger partial charge in [-0.3, -0.25) is 14.4 Å². The van der Waals surface area contributed by atoms with Crippen LogP contribution < -0.4 is 22.1 Å². The normalized spacial score (nSPS) is 9.31. The third-order valence-corrected chi connectivity index (χ3v) is 3.47. The van der Waals surface area contributed by atoms with E-state index < -0.39 is 5.54 Å². The molecular formula is C19H28N4O3. The van der Waals surface area contributed by atoms with E-state index in [-0.39, 0.29) is 44.2 Å². The second-order valence-electron chi connectivity index (χ2n) is 5.52. The Kier molecular flexibility index (Phi) is 16.4. The SMILES string of the molecule is C#CCCCC(N)(CCC(=O)NCC#C)CCC(=O)NCC#C.NC=O. The Hall–Kier alpha value is -2.95. The quantitative estimate of drug-likeness (QED) is 0.228. The maximum Gasteiger partial charge on any atom is 0.220 e. The van der Waals surface area contributed by atoms with Crippen molar-refractivity contribution < 1.29 is 14.4 Å². The van der Waals surface area contributed by atoms with E-state index in [0.29, 0.717) is 25.7 Å². The minimum atomic E-state index is -0.613. The smallest absolute Gasteiger partial charge is 0.220 e. The number of hydrogen-bond donors (Lipinski definition) is 4. The molecule has 0 atom stereocenters. The monoisotopic (exact) mass is 360 g/mol. The molecule has 7 heteroatoms. The maximum absolute atomic E-state index is 11.7. The minimum Gasteiger partial charge on any atom is -0.372 e. The number of primary amides is 1. The minimum absolute atomic E-state index is 0.147. The van der Waals surface area contributed by atoms with Crippen LogP contribution in [0, 0.1) is 37.0 Å². The molecule has 0 fully saturated rings. The summed E-state index contributed by atoms with van der Waals surface area (Å²) in [6.07, 6.45) is 19.2. The molecule has 26 heavy (non-hydrogen) atoms. The molecule has 0 aromatic rings. The third kappa shape index (κ3) is 15.9. The summed E-state index contributed by atoms with van der Waals surface area (Å²) in [5.74, 6) is 6.96. The summed E-state index contributed by atoms with van der Waals surface area (Å²) in [5.41, 5.74) is 9.94. The lowest BCUT2D eigenvalue weighted by atomic mass is 9.84. The van der Waals surface area contributed by atoms with E-state index in [4.69, 9.17) is 29.8 Å². The highest BCUT2D eigenvalue weighted by atomic mass is 16.2. The molecular weight excluding hydrogens is 332 g/mol. The topological polar surface area (TPSA) is 127 Å². The summed E-state index contributed by atoms with van der Waals surface area (Å²) in [5, 5.41) is 5.20. The molecule has 0 rings (SSSR count). The lowest BCUT2D eigenvalue weighted by Crippen LogP contribution is -2.42. The Morgan fingerprint density at radius 2 is 1.35 bits per heavy atom. The van der Waals surface area contributed by atoms with Crippen LogP contribution in [-0.2, 0) is 14.4 Å². The first-order valence-corrected chi connectivity index (χ1v) is 8.17. The summed E-state index contributed by atoms with van der Waals surface area (Å²) in [6, 6.07) is 0. The van der Waals surface area contributed by atoms with Crippen LogP contribution in [0.15, 0.2) is 0 Å². The molecule has 0 heterocycles. The van der Waals surface area contributed by atoms with Crippen molar-refractivity contribution in [1.29, 1.82) is 0 Å². The van der Waals surface area contributed by atoms with E-state index in [2.05, 4.69) is 34.1 Å². The van der Waals surface area contributed by atoms with Gasteiger partial charge in [0.2, 0.25) is 18.2 Å². The first-order valence-electron chi connectivity index (χ1n) is 8.17. The molecule has 0 aliphatic rings. The molecule has 0 aliphatic heterocycles. The number of rotatable bonds is 11. The Bertz CT molecular complexity index is 519. The van der Waals surface area contributed by atoms with Crippen LogP contribution in [0.25, 0.3) is 0 Å². The predicted molar refractivity (Wildman–Crippen MR) is 102 cm³/mol. The van der Waals surface area contributed by atoms with Crippen LogP contribution in [0.1, 0.15) is 44.9 Å². The fourth-order valence-electron chi connectivity index (χ4n) is 2.12. The van der Waals surface area contributed by atoms with Gasteiger partial charge >= 0.3 is 0 Å². The number of nitrogens with one attached hydrogen (secondary N) is 2. The van der Waals surface area contributed by atoms with Crippen molar-refractivity contribution in [3.63, 3.8) is 0 Å². The molecule has 0 aromatic heterocycles. The van der Waals surface area contributed by atoms with E-state index in [1.165, 1.54) is 0 Å². The number of terminal acetylenes is 3. The number of unbranched alkanes of at least 4 members (excludes halogenated alkanes) is 1. The number of nitrogens with two attached hydrogens (primary N) is 2.